The molecule has 0 bridgehead atoms. The van der Waals surface area contributed by atoms with E-state index in [0.29, 0.717) is 40.1 Å². The van der Waals surface area contributed by atoms with Gasteiger partial charge in [-0.05, 0) is 55.5 Å². The van der Waals surface area contributed by atoms with Crippen LogP contribution >= 0.6 is 23.2 Å². The fourth-order valence-electron chi connectivity index (χ4n) is 4.41. The minimum atomic E-state index is -1.11. The highest BCUT2D eigenvalue weighted by Crippen LogP contribution is 2.35. The normalized spacial score (nSPS) is 11.6. The monoisotopic (exact) mass is 685 g/mol. The van der Waals surface area contributed by atoms with E-state index in [9.17, 15) is 29.8 Å². The molecular weight excluding hydrogens is 653 g/mol. The summed E-state index contributed by atoms with van der Waals surface area (Å²) in [5.41, 5.74) is 2.83. The number of carbonyl (C=O) groups is 2. The number of nitrogens with one attached hydrogen (secondary N) is 2. The number of carbonyl (C=O) groups excluding carboxylic acids is 2. The second kappa shape index (κ2) is 17.1. The van der Waals surface area contributed by atoms with E-state index >= 15 is 0 Å². The summed E-state index contributed by atoms with van der Waals surface area (Å²) < 4.78 is 12.0. The first kappa shape index (κ1) is 36.5. The van der Waals surface area contributed by atoms with Gasteiger partial charge in [-0.2, -0.15) is 5.10 Å². The molecule has 0 saturated carbocycles. The van der Waals surface area contributed by atoms with E-state index in [4.69, 9.17) is 32.7 Å². The minimum Gasteiger partial charge on any atom is -0.490 e. The van der Waals surface area contributed by atoms with Crippen LogP contribution in [0.15, 0.2) is 66.3 Å². The Morgan fingerprint density at radius 1 is 1.00 bits per heavy atom. The molecule has 0 aliphatic carbocycles. The molecule has 0 aliphatic heterocycles. The molecule has 0 saturated heterocycles. The number of amides is 2. The van der Waals surface area contributed by atoms with Crippen molar-refractivity contribution in [2.75, 3.05) is 6.61 Å². The first-order chi connectivity index (χ1) is 22.3. The van der Waals surface area contributed by atoms with Crippen molar-refractivity contribution in [2.24, 2.45) is 11.0 Å². The molecule has 3 aromatic carbocycles. The third-order valence-corrected chi connectivity index (χ3v) is 7.10. The van der Waals surface area contributed by atoms with Gasteiger partial charge in [0.05, 0.1) is 34.3 Å². The molecule has 1 atom stereocenters. The maximum absolute atomic E-state index is 13.1. The van der Waals surface area contributed by atoms with Crippen LogP contribution in [-0.2, 0) is 17.8 Å². The van der Waals surface area contributed by atoms with Gasteiger partial charge >= 0.3 is 0 Å². The number of halogens is 2. The topological polar surface area (TPSA) is 175 Å². The fraction of sp³-hybridized carbons (Fsp3) is 0.281. The molecule has 13 nitrogen and oxygen atoms in total. The first-order valence-corrected chi connectivity index (χ1v) is 15.1. The van der Waals surface area contributed by atoms with Crippen LogP contribution in [0.2, 0.25) is 10.0 Å². The van der Waals surface area contributed by atoms with Gasteiger partial charge in [-0.25, -0.2) is 5.43 Å². The smallest absolute Gasteiger partial charge is 0.277 e. The van der Waals surface area contributed by atoms with Gasteiger partial charge < -0.3 is 14.8 Å². The number of hydrogen-bond donors (Lipinski definition) is 2. The Morgan fingerprint density at radius 2 is 1.68 bits per heavy atom. The van der Waals surface area contributed by atoms with E-state index in [0.717, 1.165) is 29.3 Å². The Hall–Kier alpha value is -5.01. The summed E-state index contributed by atoms with van der Waals surface area (Å²) in [5, 5.41) is 30.0. The van der Waals surface area contributed by atoms with Gasteiger partial charge in [0.25, 0.3) is 23.2 Å². The molecule has 0 heterocycles. The Morgan fingerprint density at radius 3 is 2.26 bits per heavy atom. The molecule has 2 amide bonds. The molecule has 15 heteroatoms. The summed E-state index contributed by atoms with van der Waals surface area (Å²) in [7, 11) is 0. The highest BCUT2D eigenvalue weighted by atomic mass is 35.5. The van der Waals surface area contributed by atoms with Crippen LogP contribution < -0.4 is 20.2 Å². The molecule has 0 fully saturated rings. The van der Waals surface area contributed by atoms with E-state index in [1.807, 2.05) is 20.8 Å². The van der Waals surface area contributed by atoms with Crippen molar-refractivity contribution in [3.63, 3.8) is 0 Å². The van der Waals surface area contributed by atoms with E-state index < -0.39 is 39.1 Å². The second-order valence-electron chi connectivity index (χ2n) is 10.6. The van der Waals surface area contributed by atoms with Crippen molar-refractivity contribution in [3.05, 3.63) is 114 Å². The predicted octanol–water partition coefficient (Wildman–Crippen LogP) is 6.81. The third kappa shape index (κ3) is 10.5. The SMILES string of the molecule is C=CCc1cc(/C=N\NC(=O)[C@H](CC(C)C)NC(=O)c2cc([N+](=O)[O-])cc([N+](=O)[O-])c2)cc(OCC)c1OCc1ccc(Cl)cc1Cl. The number of nitro benzene ring substituents is 2. The average Bonchev–Trinajstić information content (AvgIpc) is 3.00. The molecule has 2 N–H and O–H groups in total. The average molecular weight is 687 g/mol. The Kier molecular flexibility index (Phi) is 13.2. The molecule has 0 spiro atoms. The van der Waals surface area contributed by atoms with Crippen molar-refractivity contribution >= 4 is 52.6 Å². The number of hydrogen-bond acceptors (Lipinski definition) is 9. The van der Waals surface area contributed by atoms with Crippen molar-refractivity contribution in [1.82, 2.24) is 10.7 Å². The van der Waals surface area contributed by atoms with Gasteiger partial charge in [-0.15, -0.1) is 6.58 Å². The van der Waals surface area contributed by atoms with Crippen molar-refractivity contribution in [2.45, 2.75) is 46.3 Å². The van der Waals surface area contributed by atoms with Gasteiger partial charge in [0.15, 0.2) is 11.5 Å². The number of ether oxygens (including phenoxy) is 2. The van der Waals surface area contributed by atoms with E-state index in [1.165, 1.54) is 6.21 Å². The summed E-state index contributed by atoms with van der Waals surface area (Å²) in [5.74, 6) is -0.701. The summed E-state index contributed by atoms with van der Waals surface area (Å²) in [6.07, 6.45) is 3.71. The Balaban J connectivity index is 1.82. The summed E-state index contributed by atoms with van der Waals surface area (Å²) in [6.45, 7) is 9.79. The number of allylic oxidation sites excluding steroid dienone is 1. The fourth-order valence-corrected chi connectivity index (χ4v) is 4.87. The lowest BCUT2D eigenvalue weighted by molar-refractivity contribution is -0.394. The van der Waals surface area contributed by atoms with Crippen LogP contribution in [0, 0.1) is 26.1 Å². The number of hydrazone groups is 1. The van der Waals surface area contributed by atoms with Gasteiger partial charge in [0.1, 0.15) is 12.6 Å². The minimum absolute atomic E-state index is 0.0556. The van der Waals surface area contributed by atoms with E-state index in [2.05, 4.69) is 22.4 Å². The highest BCUT2D eigenvalue weighted by Gasteiger charge is 2.25. The molecular formula is C32H33Cl2N5O8. The zero-order chi connectivity index (χ0) is 34.7. The van der Waals surface area contributed by atoms with E-state index in [-0.39, 0.29) is 24.5 Å². The number of nitrogens with zero attached hydrogens (tertiary/aromatic N) is 3. The first-order valence-electron chi connectivity index (χ1n) is 14.4. The maximum atomic E-state index is 13.1. The van der Waals surface area contributed by atoms with Crippen molar-refractivity contribution in [3.8, 4) is 11.5 Å². The molecule has 0 unspecified atom stereocenters. The van der Waals surface area contributed by atoms with Crippen LogP contribution in [0.5, 0.6) is 11.5 Å². The number of nitro groups is 2. The molecule has 0 aliphatic rings. The number of rotatable bonds is 16. The lowest BCUT2D eigenvalue weighted by atomic mass is 10.0. The van der Waals surface area contributed by atoms with Crippen LogP contribution in [0.25, 0.3) is 0 Å². The number of benzene rings is 3. The number of non-ortho nitro benzene ring substituents is 2. The zero-order valence-electron chi connectivity index (χ0n) is 25.8. The third-order valence-electron chi connectivity index (χ3n) is 6.51. The van der Waals surface area contributed by atoms with Crippen molar-refractivity contribution in [1.29, 1.82) is 0 Å². The molecule has 248 valence electrons. The highest BCUT2D eigenvalue weighted by molar-refractivity contribution is 6.35. The van der Waals surface area contributed by atoms with Crippen LogP contribution in [0.4, 0.5) is 11.4 Å². The quantitative estimate of drug-likeness (QED) is 0.0715. The van der Waals surface area contributed by atoms with Crippen LogP contribution in [0.1, 0.15) is 54.2 Å². The summed E-state index contributed by atoms with van der Waals surface area (Å²) in [6, 6.07) is 10.0. The van der Waals surface area contributed by atoms with Crippen molar-refractivity contribution < 1.29 is 28.9 Å². The second-order valence-corrected chi connectivity index (χ2v) is 11.4. The molecule has 0 aromatic heterocycles. The van der Waals surface area contributed by atoms with Gasteiger partial charge in [-0.1, -0.05) is 49.2 Å². The standard InChI is InChI=1S/C32H33Cl2N5O8/c1-5-7-21-11-20(12-29(46-6-2)30(21)47-18-22-8-9-24(33)15-27(22)34)17-35-37-32(41)28(10-19(3)4)36-31(40)23-13-25(38(42)43)16-26(14-23)39(44)45/h5,8-9,11-17,19,28H,1,6-7,10,18H2,2-4H3,(H,36,40)(H,37,41)/b35-17-/t28-/m0/s1. The van der Waals surface area contributed by atoms with Crippen LogP contribution in [0.3, 0.4) is 0 Å². The molecule has 3 aromatic rings. The van der Waals surface area contributed by atoms with Gasteiger partial charge in [-0.3, -0.25) is 29.8 Å². The van der Waals surface area contributed by atoms with Gasteiger partial charge in [0, 0.05) is 33.3 Å². The summed E-state index contributed by atoms with van der Waals surface area (Å²) in [4.78, 5) is 46.9. The lowest BCUT2D eigenvalue weighted by Gasteiger charge is -2.19. The summed E-state index contributed by atoms with van der Waals surface area (Å²) >= 11 is 12.3. The van der Waals surface area contributed by atoms with E-state index in [1.54, 1.807) is 36.4 Å². The lowest BCUT2D eigenvalue weighted by Crippen LogP contribution is -2.46. The largest absolute Gasteiger partial charge is 0.490 e. The predicted molar refractivity (Wildman–Crippen MR) is 179 cm³/mol. The Bertz CT molecular complexity index is 1660. The maximum Gasteiger partial charge on any atom is 0.277 e. The Labute approximate surface area is 280 Å². The molecule has 0 radical (unpaired) electrons. The van der Waals surface area contributed by atoms with Gasteiger partial charge in [0.2, 0.25) is 0 Å². The van der Waals surface area contributed by atoms with Crippen LogP contribution in [-0.4, -0.2) is 40.5 Å². The zero-order valence-corrected chi connectivity index (χ0v) is 27.3. The molecule has 47 heavy (non-hydrogen) atoms. The molecule has 3 rings (SSSR count).